The lowest BCUT2D eigenvalue weighted by Crippen LogP contribution is -1.86. The van der Waals surface area contributed by atoms with E-state index in [1.54, 1.807) is 0 Å². The van der Waals surface area contributed by atoms with Gasteiger partial charge in [0.2, 0.25) is 0 Å². The lowest BCUT2D eigenvalue weighted by molar-refractivity contribution is -0.104. The van der Waals surface area contributed by atoms with E-state index in [1.165, 1.54) is 11.6 Å². The van der Waals surface area contributed by atoms with Crippen LogP contribution in [0, 0.1) is 0 Å². The van der Waals surface area contributed by atoms with Gasteiger partial charge in [-0.05, 0) is 30.0 Å². The van der Waals surface area contributed by atoms with Gasteiger partial charge in [0.1, 0.15) is 6.29 Å². The fraction of sp³-hybridized carbons (Fsp3) is 0.267. The van der Waals surface area contributed by atoms with Crippen LogP contribution in [0.1, 0.15) is 37.8 Å². The Hall–Kier alpha value is -1.63. The number of benzene rings is 1. The van der Waals surface area contributed by atoms with Gasteiger partial charge < -0.3 is 0 Å². The van der Waals surface area contributed by atoms with E-state index in [9.17, 15) is 4.79 Å². The molecule has 0 fully saturated rings. The van der Waals surface area contributed by atoms with Crippen molar-refractivity contribution in [1.82, 2.24) is 0 Å². The maximum atomic E-state index is 10.2. The van der Waals surface area contributed by atoms with Crippen LogP contribution in [0.4, 0.5) is 0 Å². The minimum atomic E-state index is 0.564. The first-order valence-corrected chi connectivity index (χ1v) is 5.53. The lowest BCUT2D eigenvalue weighted by Gasteiger charge is -2.04. The Kier molecular flexibility index (Phi) is 4.71. The maximum absolute atomic E-state index is 10.2. The molecule has 0 saturated carbocycles. The second-order valence-electron chi connectivity index (χ2n) is 4.20. The van der Waals surface area contributed by atoms with Gasteiger partial charge >= 0.3 is 0 Å². The summed E-state index contributed by atoms with van der Waals surface area (Å²) in [4.78, 5) is 10.2. The summed E-state index contributed by atoms with van der Waals surface area (Å²) in [5.41, 5.74) is 3.58. The SMILES string of the molecule is CC(/C=C\C=O)=C\c1ccc(C(C)C)cc1. The molecule has 1 nitrogen and oxygen atoms in total. The number of aldehydes is 1. The molecule has 1 aromatic carbocycles. The largest absolute Gasteiger partial charge is 0.299 e. The molecule has 0 radical (unpaired) electrons. The first kappa shape index (κ1) is 12.4. The highest BCUT2D eigenvalue weighted by molar-refractivity contribution is 5.67. The average Bonchev–Trinajstić information content (AvgIpc) is 2.27. The highest BCUT2D eigenvalue weighted by Crippen LogP contribution is 2.16. The molecule has 0 heterocycles. The van der Waals surface area contributed by atoms with Crippen LogP contribution in [-0.4, -0.2) is 6.29 Å². The van der Waals surface area contributed by atoms with Gasteiger partial charge in [0.15, 0.2) is 0 Å². The van der Waals surface area contributed by atoms with Gasteiger partial charge in [-0.3, -0.25) is 4.79 Å². The van der Waals surface area contributed by atoms with E-state index in [0.29, 0.717) is 5.92 Å². The van der Waals surface area contributed by atoms with E-state index in [2.05, 4.69) is 44.2 Å². The van der Waals surface area contributed by atoms with Crippen LogP contribution in [0.5, 0.6) is 0 Å². The van der Waals surface area contributed by atoms with Gasteiger partial charge in [0.05, 0.1) is 0 Å². The minimum absolute atomic E-state index is 0.564. The van der Waals surface area contributed by atoms with Crippen LogP contribution in [0.3, 0.4) is 0 Å². The van der Waals surface area contributed by atoms with Gasteiger partial charge in [-0.15, -0.1) is 0 Å². The van der Waals surface area contributed by atoms with Gasteiger partial charge in [0.25, 0.3) is 0 Å². The molecule has 0 amide bonds. The molecule has 1 aromatic rings. The molecule has 0 saturated heterocycles. The predicted molar refractivity (Wildman–Crippen MR) is 69.4 cm³/mol. The third-order valence-corrected chi connectivity index (χ3v) is 2.44. The van der Waals surface area contributed by atoms with E-state index in [1.807, 2.05) is 13.0 Å². The molecule has 0 N–H and O–H groups in total. The van der Waals surface area contributed by atoms with Crippen molar-refractivity contribution in [1.29, 1.82) is 0 Å². The zero-order chi connectivity index (χ0) is 12.0. The number of hydrogen-bond donors (Lipinski definition) is 0. The van der Waals surface area contributed by atoms with Crippen molar-refractivity contribution in [3.63, 3.8) is 0 Å². The van der Waals surface area contributed by atoms with Crippen LogP contribution in [0.15, 0.2) is 42.0 Å². The molecule has 0 aliphatic heterocycles. The summed E-state index contributed by atoms with van der Waals surface area (Å²) in [6.45, 7) is 6.35. The lowest BCUT2D eigenvalue weighted by atomic mass is 10.0. The molecule has 16 heavy (non-hydrogen) atoms. The van der Waals surface area contributed by atoms with Crippen molar-refractivity contribution in [2.24, 2.45) is 0 Å². The summed E-state index contributed by atoms with van der Waals surface area (Å²) in [6.07, 6.45) is 6.17. The summed E-state index contributed by atoms with van der Waals surface area (Å²) in [5, 5.41) is 0. The highest BCUT2D eigenvalue weighted by atomic mass is 16.1. The molecule has 0 unspecified atom stereocenters. The summed E-state index contributed by atoms with van der Waals surface area (Å²) >= 11 is 0. The third-order valence-electron chi connectivity index (χ3n) is 2.44. The average molecular weight is 214 g/mol. The quantitative estimate of drug-likeness (QED) is 0.421. The third kappa shape index (κ3) is 3.85. The second-order valence-corrected chi connectivity index (χ2v) is 4.20. The van der Waals surface area contributed by atoms with Crippen LogP contribution >= 0.6 is 0 Å². The van der Waals surface area contributed by atoms with Gasteiger partial charge in [-0.2, -0.15) is 0 Å². The first-order chi connectivity index (χ1) is 7.63. The van der Waals surface area contributed by atoms with Crippen LogP contribution in [-0.2, 0) is 4.79 Å². The Morgan fingerprint density at radius 3 is 2.31 bits per heavy atom. The van der Waals surface area contributed by atoms with Crippen molar-refractivity contribution < 1.29 is 4.79 Å². The van der Waals surface area contributed by atoms with Crippen molar-refractivity contribution >= 4 is 12.4 Å². The van der Waals surface area contributed by atoms with E-state index in [-0.39, 0.29) is 0 Å². The van der Waals surface area contributed by atoms with Gasteiger partial charge in [-0.25, -0.2) is 0 Å². The molecular weight excluding hydrogens is 196 g/mol. The molecule has 1 rings (SSSR count). The Balaban J connectivity index is 2.82. The molecule has 84 valence electrons. The van der Waals surface area contributed by atoms with E-state index >= 15 is 0 Å². The molecule has 0 aliphatic carbocycles. The summed E-state index contributed by atoms with van der Waals surface area (Å²) in [5.74, 6) is 0.564. The van der Waals surface area contributed by atoms with Crippen LogP contribution in [0.25, 0.3) is 6.08 Å². The zero-order valence-corrected chi connectivity index (χ0v) is 10.1. The number of carbonyl (C=O) groups excluding carboxylic acids is 1. The Morgan fingerprint density at radius 1 is 1.19 bits per heavy atom. The molecule has 1 heteroatoms. The topological polar surface area (TPSA) is 17.1 Å². The zero-order valence-electron chi connectivity index (χ0n) is 10.1. The van der Waals surface area contributed by atoms with Crippen LogP contribution < -0.4 is 0 Å². The number of carbonyl (C=O) groups is 1. The molecule has 0 atom stereocenters. The maximum Gasteiger partial charge on any atom is 0.142 e. The summed E-state index contributed by atoms with van der Waals surface area (Å²) in [6, 6.07) is 8.50. The predicted octanol–water partition coefficient (Wildman–Crippen LogP) is 3.97. The Morgan fingerprint density at radius 2 is 1.81 bits per heavy atom. The van der Waals surface area contributed by atoms with Crippen molar-refractivity contribution in [2.75, 3.05) is 0 Å². The smallest absolute Gasteiger partial charge is 0.142 e. The minimum Gasteiger partial charge on any atom is -0.299 e. The van der Waals surface area contributed by atoms with Gasteiger partial charge in [0, 0.05) is 0 Å². The standard InChI is InChI=1S/C15H18O/c1-12(2)15-8-6-14(7-9-15)11-13(3)5-4-10-16/h4-12H,1-3H3/b5-4-,13-11+. The number of allylic oxidation sites excluding steroid dienone is 3. The Labute approximate surface area is 97.5 Å². The summed E-state index contributed by atoms with van der Waals surface area (Å²) < 4.78 is 0. The number of hydrogen-bond acceptors (Lipinski definition) is 1. The molecule has 0 aromatic heterocycles. The van der Waals surface area contributed by atoms with Crippen molar-refractivity contribution in [3.05, 3.63) is 53.1 Å². The molecule has 0 aliphatic rings. The normalized spacial score (nSPS) is 12.4. The fourth-order valence-corrected chi connectivity index (χ4v) is 1.48. The fourth-order valence-electron chi connectivity index (χ4n) is 1.48. The van der Waals surface area contributed by atoms with Crippen molar-refractivity contribution in [3.8, 4) is 0 Å². The second kappa shape index (κ2) is 6.06. The van der Waals surface area contributed by atoms with Crippen LogP contribution in [0.2, 0.25) is 0 Å². The van der Waals surface area contributed by atoms with E-state index in [4.69, 9.17) is 0 Å². The monoisotopic (exact) mass is 214 g/mol. The highest BCUT2D eigenvalue weighted by Gasteiger charge is 1.97. The van der Waals surface area contributed by atoms with E-state index < -0.39 is 0 Å². The van der Waals surface area contributed by atoms with E-state index in [0.717, 1.165) is 17.4 Å². The van der Waals surface area contributed by atoms with Gasteiger partial charge in [-0.1, -0.05) is 55.8 Å². The summed E-state index contributed by atoms with van der Waals surface area (Å²) in [7, 11) is 0. The molecule has 0 spiro atoms. The number of rotatable bonds is 4. The van der Waals surface area contributed by atoms with Crippen molar-refractivity contribution in [2.45, 2.75) is 26.7 Å². The first-order valence-electron chi connectivity index (χ1n) is 5.53. The molecule has 0 bridgehead atoms. The molecular formula is C15H18O. The Bertz CT molecular complexity index is 394.